The summed E-state index contributed by atoms with van der Waals surface area (Å²) in [5, 5.41) is 9.04. The fourth-order valence-corrected chi connectivity index (χ4v) is 3.35. The number of hydrogen-bond acceptors (Lipinski definition) is 3. The zero-order chi connectivity index (χ0) is 13.1. The predicted octanol–water partition coefficient (Wildman–Crippen LogP) is 0.416. The first kappa shape index (κ1) is 14.4. The molecule has 0 aromatic carbocycles. The number of carbonyl (C=O) groups is 1. The van der Waals surface area contributed by atoms with Gasteiger partial charge in [0.15, 0.2) is 0 Å². The van der Waals surface area contributed by atoms with Gasteiger partial charge in [-0.15, -0.1) is 0 Å². The molecule has 17 heavy (non-hydrogen) atoms. The summed E-state index contributed by atoms with van der Waals surface area (Å²) >= 11 is 0. The van der Waals surface area contributed by atoms with Crippen molar-refractivity contribution >= 4 is 16.2 Å². The third kappa shape index (κ3) is 3.65. The van der Waals surface area contributed by atoms with Crippen molar-refractivity contribution in [1.82, 2.24) is 9.03 Å². The zero-order valence-electron chi connectivity index (χ0n) is 10.2. The summed E-state index contributed by atoms with van der Waals surface area (Å²) in [6, 6.07) is -1.05. The van der Waals surface area contributed by atoms with Crippen molar-refractivity contribution in [3.63, 3.8) is 0 Å². The van der Waals surface area contributed by atoms with E-state index in [0.29, 0.717) is 19.5 Å². The van der Waals surface area contributed by atoms with Crippen molar-refractivity contribution in [3.8, 4) is 0 Å². The average Bonchev–Trinajstić information content (AvgIpc) is 2.78. The smallest absolute Gasteiger partial charge is 0.322 e. The van der Waals surface area contributed by atoms with Gasteiger partial charge in [-0.25, -0.2) is 0 Å². The molecule has 100 valence electrons. The molecule has 0 bridgehead atoms. The number of rotatable bonds is 6. The number of nitrogens with zero attached hydrogens (tertiary/aromatic N) is 1. The van der Waals surface area contributed by atoms with Crippen LogP contribution >= 0.6 is 0 Å². The number of hydrogen-bond donors (Lipinski definition) is 2. The average molecular weight is 264 g/mol. The lowest BCUT2D eigenvalue weighted by Crippen LogP contribution is -2.50. The van der Waals surface area contributed by atoms with E-state index in [1.807, 2.05) is 6.92 Å². The lowest BCUT2D eigenvalue weighted by Gasteiger charge is -2.23. The molecule has 7 heteroatoms. The van der Waals surface area contributed by atoms with Crippen LogP contribution in [0, 0.1) is 5.92 Å². The Morgan fingerprint density at radius 3 is 2.35 bits per heavy atom. The quantitative estimate of drug-likeness (QED) is 0.727. The van der Waals surface area contributed by atoms with Crippen LogP contribution in [0.1, 0.15) is 33.1 Å². The van der Waals surface area contributed by atoms with Gasteiger partial charge in [-0.3, -0.25) is 4.79 Å². The van der Waals surface area contributed by atoms with Gasteiger partial charge in [-0.2, -0.15) is 17.4 Å². The van der Waals surface area contributed by atoms with Gasteiger partial charge in [0.1, 0.15) is 6.04 Å². The Morgan fingerprint density at radius 2 is 1.94 bits per heavy atom. The number of aliphatic carboxylic acids is 1. The summed E-state index contributed by atoms with van der Waals surface area (Å²) in [6.07, 6.45) is 2.28. The van der Waals surface area contributed by atoms with Crippen LogP contribution in [0.15, 0.2) is 0 Å². The van der Waals surface area contributed by atoms with E-state index in [2.05, 4.69) is 4.72 Å². The Morgan fingerprint density at radius 1 is 1.41 bits per heavy atom. The predicted molar refractivity (Wildman–Crippen MR) is 63.7 cm³/mol. The molecule has 1 rings (SSSR count). The topological polar surface area (TPSA) is 86.7 Å². The van der Waals surface area contributed by atoms with E-state index in [1.54, 1.807) is 6.92 Å². The maximum Gasteiger partial charge on any atom is 0.322 e. The normalized spacial score (nSPS) is 21.3. The first-order valence-electron chi connectivity index (χ1n) is 5.88. The number of carboxylic acid groups (broad SMARTS) is 1. The molecule has 0 aliphatic carbocycles. The molecule has 1 heterocycles. The standard InChI is InChI=1S/C10H20N2O4S/c1-3-8(2)9(10(13)14)11-17(15,16)12-6-4-5-7-12/h8-9,11H,3-7H2,1-2H3,(H,13,14). The fourth-order valence-electron chi connectivity index (χ4n) is 1.81. The summed E-state index contributed by atoms with van der Waals surface area (Å²) in [4.78, 5) is 11.0. The molecule has 0 spiro atoms. The molecule has 1 fully saturated rings. The van der Waals surface area contributed by atoms with Crippen LogP contribution in [-0.2, 0) is 15.0 Å². The summed E-state index contributed by atoms with van der Waals surface area (Å²) in [7, 11) is -3.66. The van der Waals surface area contributed by atoms with Gasteiger partial charge in [0.2, 0.25) is 0 Å². The molecular formula is C10H20N2O4S. The second-order valence-corrected chi connectivity index (χ2v) is 6.13. The zero-order valence-corrected chi connectivity index (χ0v) is 11.0. The van der Waals surface area contributed by atoms with Crippen LogP contribution < -0.4 is 4.72 Å². The lowest BCUT2D eigenvalue weighted by molar-refractivity contribution is -0.140. The third-order valence-corrected chi connectivity index (χ3v) is 4.76. The summed E-state index contributed by atoms with van der Waals surface area (Å²) in [5.74, 6) is -1.35. The molecule has 0 radical (unpaired) electrons. The summed E-state index contributed by atoms with van der Waals surface area (Å²) in [5.41, 5.74) is 0. The largest absolute Gasteiger partial charge is 0.480 e. The maximum absolute atomic E-state index is 11.9. The molecule has 1 aliphatic heterocycles. The third-order valence-electron chi connectivity index (χ3n) is 3.16. The molecule has 1 saturated heterocycles. The van der Waals surface area contributed by atoms with Crippen LogP contribution in [0.25, 0.3) is 0 Å². The van der Waals surface area contributed by atoms with E-state index in [1.165, 1.54) is 4.31 Å². The molecule has 0 saturated carbocycles. The van der Waals surface area contributed by atoms with E-state index in [9.17, 15) is 13.2 Å². The van der Waals surface area contributed by atoms with E-state index in [4.69, 9.17) is 5.11 Å². The molecule has 2 atom stereocenters. The van der Waals surface area contributed by atoms with Crippen LogP contribution in [0.5, 0.6) is 0 Å². The minimum Gasteiger partial charge on any atom is -0.480 e. The van der Waals surface area contributed by atoms with Crippen molar-refractivity contribution in [3.05, 3.63) is 0 Å². The van der Waals surface area contributed by atoms with Crippen LogP contribution in [0.4, 0.5) is 0 Å². The van der Waals surface area contributed by atoms with Crippen molar-refractivity contribution in [1.29, 1.82) is 0 Å². The van der Waals surface area contributed by atoms with Gasteiger partial charge in [-0.1, -0.05) is 20.3 Å². The van der Waals surface area contributed by atoms with Gasteiger partial charge in [0.05, 0.1) is 0 Å². The van der Waals surface area contributed by atoms with Crippen LogP contribution in [-0.4, -0.2) is 42.9 Å². The molecule has 2 N–H and O–H groups in total. The van der Waals surface area contributed by atoms with Crippen molar-refractivity contribution < 1.29 is 18.3 Å². The fraction of sp³-hybridized carbons (Fsp3) is 0.900. The summed E-state index contributed by atoms with van der Waals surface area (Å²) < 4.78 is 27.4. The Bertz CT molecular complexity index is 363. The van der Waals surface area contributed by atoms with Crippen LogP contribution in [0.2, 0.25) is 0 Å². The highest BCUT2D eigenvalue weighted by Gasteiger charge is 2.32. The van der Waals surface area contributed by atoms with E-state index >= 15 is 0 Å². The molecular weight excluding hydrogens is 244 g/mol. The maximum atomic E-state index is 11.9. The number of carboxylic acids is 1. The van der Waals surface area contributed by atoms with E-state index in [-0.39, 0.29) is 5.92 Å². The minimum absolute atomic E-state index is 0.232. The van der Waals surface area contributed by atoms with E-state index < -0.39 is 22.2 Å². The van der Waals surface area contributed by atoms with Crippen molar-refractivity contribution in [2.75, 3.05) is 13.1 Å². The molecule has 0 aromatic heterocycles. The second kappa shape index (κ2) is 5.79. The van der Waals surface area contributed by atoms with Crippen molar-refractivity contribution in [2.45, 2.75) is 39.2 Å². The van der Waals surface area contributed by atoms with Gasteiger partial charge < -0.3 is 5.11 Å². The Hall–Kier alpha value is -0.660. The number of nitrogens with one attached hydrogen (secondary N) is 1. The Kier molecular flexibility index (Phi) is 4.91. The van der Waals surface area contributed by atoms with Crippen LogP contribution in [0.3, 0.4) is 0 Å². The highest BCUT2D eigenvalue weighted by atomic mass is 32.2. The SMILES string of the molecule is CCC(C)C(NS(=O)(=O)N1CCCC1)C(=O)O. The first-order valence-corrected chi connectivity index (χ1v) is 7.32. The second-order valence-electron chi connectivity index (χ2n) is 4.43. The molecule has 0 amide bonds. The minimum atomic E-state index is -3.66. The van der Waals surface area contributed by atoms with Gasteiger partial charge >= 0.3 is 5.97 Å². The first-order chi connectivity index (χ1) is 7.88. The van der Waals surface area contributed by atoms with Gasteiger partial charge in [-0.05, 0) is 18.8 Å². The molecule has 6 nitrogen and oxygen atoms in total. The highest BCUT2D eigenvalue weighted by molar-refractivity contribution is 7.87. The lowest BCUT2D eigenvalue weighted by atomic mass is 10.0. The Labute approximate surface area is 102 Å². The van der Waals surface area contributed by atoms with Gasteiger partial charge in [0.25, 0.3) is 10.2 Å². The molecule has 1 aliphatic rings. The van der Waals surface area contributed by atoms with Crippen molar-refractivity contribution in [2.24, 2.45) is 5.92 Å². The Balaban J connectivity index is 2.75. The highest BCUT2D eigenvalue weighted by Crippen LogP contribution is 2.14. The molecule has 2 unspecified atom stereocenters. The van der Waals surface area contributed by atoms with Gasteiger partial charge in [0, 0.05) is 13.1 Å². The monoisotopic (exact) mass is 264 g/mol. The summed E-state index contributed by atoms with van der Waals surface area (Å²) in [6.45, 7) is 4.51. The van der Waals surface area contributed by atoms with E-state index in [0.717, 1.165) is 12.8 Å². The molecule has 0 aromatic rings.